The molecule has 104 valence electrons. The number of hydrogen-bond acceptors (Lipinski definition) is 3. The van der Waals surface area contributed by atoms with Crippen LogP contribution in [0, 0.1) is 11.3 Å². The number of imidazole rings is 1. The summed E-state index contributed by atoms with van der Waals surface area (Å²) in [6.07, 6.45) is -1.13. The lowest BCUT2D eigenvalue weighted by Gasteiger charge is -2.11. The van der Waals surface area contributed by atoms with E-state index < -0.39 is 17.3 Å². The summed E-state index contributed by atoms with van der Waals surface area (Å²) in [7, 11) is 1.82. The van der Waals surface area contributed by atoms with Crippen molar-refractivity contribution in [2.45, 2.75) is 12.7 Å². The summed E-state index contributed by atoms with van der Waals surface area (Å²) in [5.41, 5.74) is -0.887. The topological polar surface area (TPSA) is 53.6 Å². The van der Waals surface area contributed by atoms with Crippen molar-refractivity contribution in [3.8, 4) is 6.07 Å². The molecule has 20 heavy (non-hydrogen) atoms. The van der Waals surface area contributed by atoms with Gasteiger partial charge in [0.2, 0.25) is 0 Å². The zero-order valence-corrected chi connectivity index (χ0v) is 10.6. The molecule has 2 rings (SSSR count). The SMILES string of the molecule is Cn1ccnc1CNc1ccc(C(F)(F)F)c(C#N)c1. The second kappa shape index (κ2) is 5.25. The molecule has 0 bridgehead atoms. The minimum Gasteiger partial charge on any atom is -0.378 e. The van der Waals surface area contributed by atoms with Crippen LogP contribution in [0.25, 0.3) is 0 Å². The lowest BCUT2D eigenvalue weighted by Crippen LogP contribution is -2.09. The molecule has 0 aliphatic rings. The minimum absolute atomic E-state index is 0.361. The molecule has 0 unspecified atom stereocenters. The summed E-state index contributed by atoms with van der Waals surface area (Å²) in [5, 5.41) is 11.7. The molecule has 2 aromatic rings. The average molecular weight is 280 g/mol. The number of anilines is 1. The fraction of sp³-hybridized carbons (Fsp3) is 0.231. The number of hydrogen-bond donors (Lipinski definition) is 1. The molecule has 4 nitrogen and oxygen atoms in total. The Balaban J connectivity index is 2.19. The Morgan fingerprint density at radius 1 is 1.40 bits per heavy atom. The standard InChI is InChI=1S/C13H11F3N4/c1-20-5-4-18-12(20)8-19-10-2-3-11(13(14,15)16)9(6-10)7-17/h2-6,19H,8H2,1H3. The Morgan fingerprint density at radius 2 is 2.15 bits per heavy atom. The van der Waals surface area contributed by atoms with E-state index in [0.29, 0.717) is 12.2 Å². The number of nitrogens with zero attached hydrogens (tertiary/aromatic N) is 3. The summed E-state index contributed by atoms with van der Waals surface area (Å²) < 4.78 is 39.7. The van der Waals surface area contributed by atoms with Gasteiger partial charge in [0, 0.05) is 25.1 Å². The maximum Gasteiger partial charge on any atom is 0.417 e. The zero-order valence-electron chi connectivity index (χ0n) is 10.6. The quantitative estimate of drug-likeness (QED) is 0.940. The summed E-state index contributed by atoms with van der Waals surface area (Å²) >= 11 is 0. The summed E-state index contributed by atoms with van der Waals surface area (Å²) in [4.78, 5) is 4.09. The number of nitrogens with one attached hydrogen (secondary N) is 1. The van der Waals surface area contributed by atoms with E-state index in [1.807, 2.05) is 7.05 Å². The van der Waals surface area contributed by atoms with Gasteiger partial charge in [-0.25, -0.2) is 4.98 Å². The first-order chi connectivity index (χ1) is 9.41. The highest BCUT2D eigenvalue weighted by Gasteiger charge is 2.33. The van der Waals surface area contributed by atoms with Crippen LogP contribution < -0.4 is 5.32 Å². The first kappa shape index (κ1) is 13.9. The van der Waals surface area contributed by atoms with Gasteiger partial charge in [-0.3, -0.25) is 0 Å². The third-order valence-corrected chi connectivity index (χ3v) is 2.82. The summed E-state index contributed by atoms with van der Waals surface area (Å²) in [5.74, 6) is 0.739. The average Bonchev–Trinajstić information content (AvgIpc) is 2.80. The Hall–Kier alpha value is -2.49. The molecule has 7 heteroatoms. The van der Waals surface area contributed by atoms with Gasteiger partial charge in [0.25, 0.3) is 0 Å². The molecule has 0 atom stereocenters. The van der Waals surface area contributed by atoms with E-state index in [0.717, 1.165) is 11.9 Å². The third kappa shape index (κ3) is 2.91. The first-order valence-corrected chi connectivity index (χ1v) is 5.73. The highest BCUT2D eigenvalue weighted by molar-refractivity contribution is 5.53. The Labute approximate surface area is 113 Å². The fourth-order valence-corrected chi connectivity index (χ4v) is 1.74. The number of halogens is 3. The monoisotopic (exact) mass is 280 g/mol. The van der Waals surface area contributed by atoms with E-state index in [1.54, 1.807) is 23.0 Å². The Kier molecular flexibility index (Phi) is 3.66. The predicted octanol–water partition coefficient (Wildman–Crippen LogP) is 2.92. The molecule has 0 saturated heterocycles. The highest BCUT2D eigenvalue weighted by atomic mass is 19.4. The van der Waals surface area contributed by atoms with Crippen LogP contribution in [-0.4, -0.2) is 9.55 Å². The molecule has 0 radical (unpaired) electrons. The van der Waals surface area contributed by atoms with Gasteiger partial charge in [-0.1, -0.05) is 0 Å². The van der Waals surface area contributed by atoms with Crippen molar-refractivity contribution in [1.29, 1.82) is 5.26 Å². The van der Waals surface area contributed by atoms with Gasteiger partial charge in [-0.15, -0.1) is 0 Å². The van der Waals surface area contributed by atoms with Crippen LogP contribution in [0.15, 0.2) is 30.6 Å². The highest BCUT2D eigenvalue weighted by Crippen LogP contribution is 2.33. The summed E-state index contributed by atoms with van der Waals surface area (Å²) in [6.45, 7) is 0.361. The zero-order chi connectivity index (χ0) is 14.8. The number of nitriles is 1. The van der Waals surface area contributed by atoms with Crippen molar-refractivity contribution in [3.05, 3.63) is 47.5 Å². The van der Waals surface area contributed by atoms with Crippen molar-refractivity contribution in [2.24, 2.45) is 7.05 Å². The number of aromatic nitrogens is 2. The van der Waals surface area contributed by atoms with Crippen LogP contribution in [-0.2, 0) is 19.8 Å². The number of benzene rings is 1. The molecule has 1 aromatic carbocycles. The van der Waals surface area contributed by atoms with Crippen molar-refractivity contribution in [3.63, 3.8) is 0 Å². The molecule has 1 aromatic heterocycles. The molecule has 0 saturated carbocycles. The van der Waals surface area contributed by atoms with E-state index >= 15 is 0 Å². The minimum atomic E-state index is -4.52. The van der Waals surface area contributed by atoms with Crippen molar-refractivity contribution < 1.29 is 13.2 Å². The van der Waals surface area contributed by atoms with Gasteiger partial charge in [0.1, 0.15) is 5.82 Å². The van der Waals surface area contributed by atoms with E-state index in [4.69, 9.17) is 5.26 Å². The van der Waals surface area contributed by atoms with Crippen LogP contribution in [0.5, 0.6) is 0 Å². The molecule has 1 heterocycles. The van der Waals surface area contributed by atoms with Crippen LogP contribution in [0.2, 0.25) is 0 Å². The van der Waals surface area contributed by atoms with Crippen LogP contribution in [0.3, 0.4) is 0 Å². The molecule has 0 aliphatic carbocycles. The smallest absolute Gasteiger partial charge is 0.378 e. The molecular weight excluding hydrogens is 269 g/mol. The number of aryl methyl sites for hydroxylation is 1. The maximum absolute atomic E-state index is 12.6. The van der Waals surface area contributed by atoms with E-state index in [1.165, 1.54) is 12.1 Å². The van der Waals surface area contributed by atoms with Crippen LogP contribution in [0.4, 0.5) is 18.9 Å². The lowest BCUT2D eigenvalue weighted by atomic mass is 10.1. The maximum atomic E-state index is 12.6. The van der Waals surface area contributed by atoms with Crippen molar-refractivity contribution in [2.75, 3.05) is 5.32 Å². The van der Waals surface area contributed by atoms with Gasteiger partial charge >= 0.3 is 6.18 Å². The van der Waals surface area contributed by atoms with Crippen LogP contribution in [0.1, 0.15) is 17.0 Å². The van der Waals surface area contributed by atoms with E-state index in [9.17, 15) is 13.2 Å². The van der Waals surface area contributed by atoms with E-state index in [2.05, 4.69) is 10.3 Å². The predicted molar refractivity (Wildman–Crippen MR) is 66.7 cm³/mol. The molecule has 0 amide bonds. The van der Waals surface area contributed by atoms with Gasteiger partial charge in [0.15, 0.2) is 0 Å². The van der Waals surface area contributed by atoms with Crippen molar-refractivity contribution >= 4 is 5.69 Å². The molecule has 0 aliphatic heterocycles. The number of rotatable bonds is 3. The van der Waals surface area contributed by atoms with Gasteiger partial charge < -0.3 is 9.88 Å². The molecule has 0 spiro atoms. The second-order valence-electron chi connectivity index (χ2n) is 4.18. The molecular formula is C13H11F3N4. The second-order valence-corrected chi connectivity index (χ2v) is 4.18. The molecule has 1 N–H and O–H groups in total. The van der Waals surface area contributed by atoms with E-state index in [-0.39, 0.29) is 0 Å². The molecule has 0 fully saturated rings. The fourth-order valence-electron chi connectivity index (χ4n) is 1.74. The van der Waals surface area contributed by atoms with Crippen LogP contribution >= 0.6 is 0 Å². The third-order valence-electron chi connectivity index (χ3n) is 2.82. The normalized spacial score (nSPS) is 11.2. The first-order valence-electron chi connectivity index (χ1n) is 5.73. The van der Waals surface area contributed by atoms with Gasteiger partial charge in [-0.2, -0.15) is 18.4 Å². The lowest BCUT2D eigenvalue weighted by molar-refractivity contribution is -0.137. The Bertz CT molecular complexity index is 652. The van der Waals surface area contributed by atoms with Gasteiger partial charge in [-0.05, 0) is 18.2 Å². The van der Waals surface area contributed by atoms with Gasteiger partial charge in [0.05, 0.1) is 23.7 Å². The Morgan fingerprint density at radius 3 is 2.70 bits per heavy atom. The summed E-state index contributed by atoms with van der Waals surface area (Å²) in [6, 6.07) is 4.95. The van der Waals surface area contributed by atoms with Crippen molar-refractivity contribution in [1.82, 2.24) is 9.55 Å². The largest absolute Gasteiger partial charge is 0.417 e. The number of alkyl halides is 3.